The number of carbonyl (C=O) groups is 1. The van der Waals surface area contributed by atoms with E-state index in [1.165, 1.54) is 12.8 Å². The number of hydrogen-bond acceptors (Lipinski definition) is 3. The van der Waals surface area contributed by atoms with E-state index in [1.807, 2.05) is 12.1 Å². The molecule has 112 valence electrons. The van der Waals surface area contributed by atoms with Gasteiger partial charge in [0.15, 0.2) is 0 Å². The van der Waals surface area contributed by atoms with E-state index >= 15 is 0 Å². The Labute approximate surface area is 126 Å². The lowest BCUT2D eigenvalue weighted by atomic mass is 10.1. The summed E-state index contributed by atoms with van der Waals surface area (Å²) in [4.78, 5) is 11.9. The van der Waals surface area contributed by atoms with Crippen LogP contribution in [0.3, 0.4) is 0 Å². The second-order valence-corrected chi connectivity index (χ2v) is 5.12. The lowest BCUT2D eigenvalue weighted by Crippen LogP contribution is -2.28. The number of carbonyl (C=O) groups excluding carboxylic acids is 1. The van der Waals surface area contributed by atoms with Crippen LogP contribution in [0.2, 0.25) is 0 Å². The van der Waals surface area contributed by atoms with E-state index in [1.54, 1.807) is 12.1 Å². The molecule has 3 N–H and O–H groups in total. The SMILES string of the molecule is NCC#Cc1ccc(C(=O)NCCOC2CCCC2)cc1. The maximum atomic E-state index is 11.9. The predicted molar refractivity (Wildman–Crippen MR) is 82.9 cm³/mol. The third-order valence-electron chi connectivity index (χ3n) is 3.53. The van der Waals surface area contributed by atoms with Crippen LogP contribution in [0.25, 0.3) is 0 Å². The fourth-order valence-corrected chi connectivity index (χ4v) is 2.41. The van der Waals surface area contributed by atoms with E-state index in [9.17, 15) is 4.79 Å². The minimum Gasteiger partial charge on any atom is -0.376 e. The average Bonchev–Trinajstić information content (AvgIpc) is 3.03. The first-order valence-electron chi connectivity index (χ1n) is 7.48. The highest BCUT2D eigenvalue weighted by molar-refractivity contribution is 5.94. The van der Waals surface area contributed by atoms with Gasteiger partial charge in [-0.1, -0.05) is 24.7 Å². The monoisotopic (exact) mass is 286 g/mol. The van der Waals surface area contributed by atoms with Gasteiger partial charge in [0.2, 0.25) is 0 Å². The van der Waals surface area contributed by atoms with E-state index in [4.69, 9.17) is 10.5 Å². The maximum absolute atomic E-state index is 11.9. The molecule has 1 aromatic carbocycles. The molecule has 0 heterocycles. The van der Waals surface area contributed by atoms with Crippen LogP contribution in [0.15, 0.2) is 24.3 Å². The van der Waals surface area contributed by atoms with Crippen LogP contribution in [-0.4, -0.2) is 31.7 Å². The molecule has 0 spiro atoms. The lowest BCUT2D eigenvalue weighted by molar-refractivity contribution is 0.0582. The molecule has 0 saturated heterocycles. The van der Waals surface area contributed by atoms with Gasteiger partial charge >= 0.3 is 0 Å². The van der Waals surface area contributed by atoms with Crippen LogP contribution in [0.1, 0.15) is 41.6 Å². The minimum absolute atomic E-state index is 0.0802. The van der Waals surface area contributed by atoms with Crippen molar-refractivity contribution >= 4 is 5.91 Å². The zero-order chi connectivity index (χ0) is 14.9. The van der Waals surface area contributed by atoms with Gasteiger partial charge < -0.3 is 15.8 Å². The van der Waals surface area contributed by atoms with E-state index in [0.29, 0.717) is 31.4 Å². The van der Waals surface area contributed by atoms with Gasteiger partial charge in [0.1, 0.15) is 0 Å². The highest BCUT2D eigenvalue weighted by Crippen LogP contribution is 2.20. The van der Waals surface area contributed by atoms with Crippen molar-refractivity contribution in [1.82, 2.24) is 5.32 Å². The fourth-order valence-electron chi connectivity index (χ4n) is 2.41. The molecule has 0 aliphatic heterocycles. The van der Waals surface area contributed by atoms with Crippen molar-refractivity contribution in [3.63, 3.8) is 0 Å². The molecule has 4 nitrogen and oxygen atoms in total. The first-order valence-corrected chi connectivity index (χ1v) is 7.48. The molecule has 1 aliphatic carbocycles. The Morgan fingerprint density at radius 2 is 2.00 bits per heavy atom. The van der Waals surface area contributed by atoms with Crippen molar-refractivity contribution < 1.29 is 9.53 Å². The molecule has 1 aromatic rings. The number of ether oxygens (including phenoxy) is 1. The van der Waals surface area contributed by atoms with Gasteiger partial charge in [-0.3, -0.25) is 4.79 Å². The highest BCUT2D eigenvalue weighted by Gasteiger charge is 2.14. The van der Waals surface area contributed by atoms with E-state index in [2.05, 4.69) is 17.2 Å². The number of rotatable bonds is 5. The topological polar surface area (TPSA) is 64.4 Å². The molecular weight excluding hydrogens is 264 g/mol. The summed E-state index contributed by atoms with van der Waals surface area (Å²) in [5.74, 6) is 5.63. The Morgan fingerprint density at radius 1 is 1.29 bits per heavy atom. The Bertz CT molecular complexity index is 508. The zero-order valence-corrected chi connectivity index (χ0v) is 12.2. The molecule has 0 aromatic heterocycles. The van der Waals surface area contributed by atoms with Gasteiger partial charge in [-0.15, -0.1) is 0 Å². The molecule has 21 heavy (non-hydrogen) atoms. The third kappa shape index (κ3) is 5.22. The van der Waals surface area contributed by atoms with Crippen molar-refractivity contribution in [2.75, 3.05) is 19.7 Å². The molecular formula is C17H22N2O2. The number of amides is 1. The number of benzene rings is 1. The summed E-state index contributed by atoms with van der Waals surface area (Å²) in [6.07, 6.45) is 5.22. The Kier molecular flexibility index (Phi) is 6.26. The second-order valence-electron chi connectivity index (χ2n) is 5.12. The number of nitrogens with one attached hydrogen (secondary N) is 1. The number of nitrogens with two attached hydrogens (primary N) is 1. The smallest absolute Gasteiger partial charge is 0.251 e. The van der Waals surface area contributed by atoms with E-state index < -0.39 is 0 Å². The van der Waals surface area contributed by atoms with Gasteiger partial charge in [0.25, 0.3) is 5.91 Å². The Balaban J connectivity index is 1.72. The van der Waals surface area contributed by atoms with E-state index in [-0.39, 0.29) is 5.91 Å². The molecule has 0 atom stereocenters. The van der Waals surface area contributed by atoms with Crippen LogP contribution in [0, 0.1) is 11.8 Å². The molecule has 1 amide bonds. The average molecular weight is 286 g/mol. The van der Waals surface area contributed by atoms with Crippen molar-refractivity contribution in [2.24, 2.45) is 5.73 Å². The quantitative estimate of drug-likeness (QED) is 0.639. The molecule has 1 aliphatic rings. The van der Waals surface area contributed by atoms with Crippen LogP contribution in [0.4, 0.5) is 0 Å². The van der Waals surface area contributed by atoms with Gasteiger partial charge in [-0.2, -0.15) is 0 Å². The van der Waals surface area contributed by atoms with Crippen molar-refractivity contribution in [2.45, 2.75) is 31.8 Å². The predicted octanol–water partition coefficient (Wildman–Crippen LogP) is 1.69. The molecule has 1 saturated carbocycles. The zero-order valence-electron chi connectivity index (χ0n) is 12.2. The van der Waals surface area contributed by atoms with Crippen LogP contribution in [-0.2, 0) is 4.74 Å². The molecule has 0 unspecified atom stereocenters. The largest absolute Gasteiger partial charge is 0.376 e. The first kappa shape index (κ1) is 15.6. The summed E-state index contributed by atoms with van der Waals surface area (Å²) in [5, 5.41) is 2.87. The van der Waals surface area contributed by atoms with Gasteiger partial charge in [0.05, 0.1) is 19.3 Å². The molecule has 0 radical (unpaired) electrons. The summed E-state index contributed by atoms with van der Waals surface area (Å²) < 4.78 is 5.71. The van der Waals surface area contributed by atoms with Gasteiger partial charge in [0, 0.05) is 17.7 Å². The van der Waals surface area contributed by atoms with Crippen LogP contribution in [0.5, 0.6) is 0 Å². The molecule has 2 rings (SSSR count). The Hall–Kier alpha value is -1.83. The maximum Gasteiger partial charge on any atom is 0.251 e. The molecule has 0 bridgehead atoms. The standard InChI is InChI=1S/C17H22N2O2/c18-11-3-4-14-7-9-15(10-8-14)17(20)19-12-13-21-16-5-1-2-6-16/h7-10,16H,1-2,5-6,11-13,18H2,(H,19,20). The minimum atomic E-state index is -0.0802. The first-order chi connectivity index (χ1) is 10.3. The summed E-state index contributed by atoms with van der Waals surface area (Å²) in [6.45, 7) is 1.46. The fraction of sp³-hybridized carbons (Fsp3) is 0.471. The number of hydrogen-bond donors (Lipinski definition) is 2. The summed E-state index contributed by atoms with van der Waals surface area (Å²) in [6, 6.07) is 7.20. The normalized spacial score (nSPS) is 14.5. The Morgan fingerprint density at radius 3 is 2.67 bits per heavy atom. The van der Waals surface area contributed by atoms with E-state index in [0.717, 1.165) is 18.4 Å². The summed E-state index contributed by atoms with van der Waals surface area (Å²) >= 11 is 0. The molecule has 4 heteroatoms. The van der Waals surface area contributed by atoms with Crippen LogP contribution < -0.4 is 11.1 Å². The van der Waals surface area contributed by atoms with Crippen molar-refractivity contribution in [3.05, 3.63) is 35.4 Å². The van der Waals surface area contributed by atoms with Crippen LogP contribution >= 0.6 is 0 Å². The second kappa shape index (κ2) is 8.46. The highest BCUT2D eigenvalue weighted by atomic mass is 16.5. The molecule has 1 fully saturated rings. The summed E-state index contributed by atoms with van der Waals surface area (Å²) in [5.41, 5.74) is 6.81. The third-order valence-corrected chi connectivity index (χ3v) is 3.53. The van der Waals surface area contributed by atoms with Gasteiger partial charge in [-0.25, -0.2) is 0 Å². The van der Waals surface area contributed by atoms with Crippen molar-refractivity contribution in [3.8, 4) is 11.8 Å². The lowest BCUT2D eigenvalue weighted by Gasteiger charge is -2.11. The van der Waals surface area contributed by atoms with Gasteiger partial charge in [-0.05, 0) is 37.1 Å². The summed E-state index contributed by atoms with van der Waals surface area (Å²) in [7, 11) is 0. The van der Waals surface area contributed by atoms with Crippen molar-refractivity contribution in [1.29, 1.82) is 0 Å².